The maximum atomic E-state index is 12.5. The number of hydrogen-bond donors (Lipinski definition) is 3. The average Bonchev–Trinajstić information content (AvgIpc) is 2.69. The van der Waals surface area contributed by atoms with Crippen LogP contribution < -0.4 is 10.6 Å². The zero-order valence-corrected chi connectivity index (χ0v) is 16.4. The summed E-state index contributed by atoms with van der Waals surface area (Å²) in [4.78, 5) is 29.1. The number of anilines is 1. The predicted molar refractivity (Wildman–Crippen MR) is 108 cm³/mol. The summed E-state index contributed by atoms with van der Waals surface area (Å²) in [7, 11) is 0. The average molecular weight is 381 g/mol. The molecule has 1 saturated carbocycles. The molecule has 148 valence electrons. The summed E-state index contributed by atoms with van der Waals surface area (Å²) in [6, 6.07) is 8.68. The van der Waals surface area contributed by atoms with Gasteiger partial charge in [-0.2, -0.15) is 0 Å². The Hall–Kier alpha value is -2.73. The Bertz CT molecular complexity index is 856. The third-order valence-corrected chi connectivity index (χ3v) is 5.28. The molecule has 6 heteroatoms. The lowest BCUT2D eigenvalue weighted by Crippen LogP contribution is -2.44. The molecule has 0 saturated heterocycles. The van der Waals surface area contributed by atoms with Crippen molar-refractivity contribution in [2.45, 2.75) is 51.6 Å². The van der Waals surface area contributed by atoms with Crippen molar-refractivity contribution >= 4 is 17.5 Å². The number of pyridine rings is 1. The lowest BCUT2D eigenvalue weighted by molar-refractivity contribution is 0.00525. The highest BCUT2D eigenvalue weighted by Gasteiger charge is 2.29. The molecule has 0 aliphatic heterocycles. The predicted octanol–water partition coefficient (Wildman–Crippen LogP) is 3.38. The lowest BCUT2D eigenvalue weighted by Gasteiger charge is -2.32. The molecule has 3 rings (SSSR count). The maximum absolute atomic E-state index is 12.5. The van der Waals surface area contributed by atoms with Crippen LogP contribution in [0.1, 0.15) is 64.1 Å². The molecule has 0 unspecified atom stereocenters. The lowest BCUT2D eigenvalue weighted by atomic mass is 9.85. The maximum Gasteiger partial charge on any atom is 0.257 e. The Morgan fingerprint density at radius 3 is 2.43 bits per heavy atom. The minimum absolute atomic E-state index is 0.246. The molecule has 1 fully saturated rings. The smallest absolute Gasteiger partial charge is 0.257 e. The summed E-state index contributed by atoms with van der Waals surface area (Å²) in [5.74, 6) is -0.531. The van der Waals surface area contributed by atoms with Crippen molar-refractivity contribution in [2.24, 2.45) is 0 Å². The van der Waals surface area contributed by atoms with Gasteiger partial charge in [0.2, 0.25) is 0 Å². The molecule has 1 heterocycles. The zero-order valence-electron chi connectivity index (χ0n) is 16.4. The third kappa shape index (κ3) is 4.95. The standard InChI is InChI=1S/C22H27N3O3/c1-15-6-8-17(20(26)24-14-22(28)10-4-3-5-11-22)12-19(15)25-21(27)18-9-7-16(2)23-13-18/h6-9,12-13,28H,3-5,10-11,14H2,1-2H3,(H,24,26)(H,25,27). The molecule has 2 aromatic rings. The number of aryl methyl sites for hydroxylation is 2. The van der Waals surface area contributed by atoms with E-state index in [1.54, 1.807) is 30.3 Å². The summed E-state index contributed by atoms with van der Waals surface area (Å²) in [6.45, 7) is 3.98. The van der Waals surface area contributed by atoms with Crippen molar-refractivity contribution in [3.63, 3.8) is 0 Å². The molecule has 0 spiro atoms. The van der Waals surface area contributed by atoms with Gasteiger partial charge >= 0.3 is 0 Å². The van der Waals surface area contributed by atoms with Crippen LogP contribution in [0.5, 0.6) is 0 Å². The summed E-state index contributed by atoms with van der Waals surface area (Å²) in [5, 5.41) is 16.2. The van der Waals surface area contributed by atoms with Crippen molar-refractivity contribution in [3.05, 3.63) is 58.9 Å². The van der Waals surface area contributed by atoms with Crippen LogP contribution in [-0.4, -0.2) is 34.1 Å². The third-order valence-electron chi connectivity index (χ3n) is 5.28. The number of aliphatic hydroxyl groups is 1. The second-order valence-corrected chi connectivity index (χ2v) is 7.64. The van der Waals surface area contributed by atoms with E-state index in [9.17, 15) is 14.7 Å². The quantitative estimate of drug-likeness (QED) is 0.740. The van der Waals surface area contributed by atoms with Gasteiger partial charge in [-0.15, -0.1) is 0 Å². The molecule has 0 bridgehead atoms. The van der Waals surface area contributed by atoms with Gasteiger partial charge in [-0.3, -0.25) is 14.6 Å². The fraction of sp³-hybridized carbons (Fsp3) is 0.409. The molecule has 28 heavy (non-hydrogen) atoms. The van der Waals surface area contributed by atoms with Crippen LogP contribution in [0, 0.1) is 13.8 Å². The van der Waals surface area contributed by atoms with Crippen LogP contribution in [0.15, 0.2) is 36.5 Å². The Labute approximate surface area is 165 Å². The number of carbonyl (C=O) groups is 2. The Balaban J connectivity index is 1.67. The first-order valence-electron chi connectivity index (χ1n) is 9.72. The summed E-state index contributed by atoms with van der Waals surface area (Å²) in [5.41, 5.74) is 2.37. The van der Waals surface area contributed by atoms with Crippen LogP contribution >= 0.6 is 0 Å². The minimum Gasteiger partial charge on any atom is -0.388 e. The Morgan fingerprint density at radius 2 is 1.75 bits per heavy atom. The van der Waals surface area contributed by atoms with E-state index in [1.807, 2.05) is 13.8 Å². The highest BCUT2D eigenvalue weighted by atomic mass is 16.3. The number of nitrogens with zero attached hydrogens (tertiary/aromatic N) is 1. The van der Waals surface area contributed by atoms with Gasteiger partial charge < -0.3 is 15.7 Å². The van der Waals surface area contributed by atoms with E-state index in [-0.39, 0.29) is 18.4 Å². The first-order chi connectivity index (χ1) is 13.4. The molecule has 3 N–H and O–H groups in total. The van der Waals surface area contributed by atoms with E-state index < -0.39 is 5.60 Å². The molecule has 2 amide bonds. The van der Waals surface area contributed by atoms with Crippen LogP contribution in [-0.2, 0) is 0 Å². The largest absolute Gasteiger partial charge is 0.388 e. The van der Waals surface area contributed by atoms with E-state index in [1.165, 1.54) is 6.20 Å². The molecular weight excluding hydrogens is 354 g/mol. The van der Waals surface area contributed by atoms with E-state index >= 15 is 0 Å². The van der Waals surface area contributed by atoms with E-state index in [0.717, 1.165) is 30.5 Å². The fourth-order valence-corrected chi connectivity index (χ4v) is 3.43. The van der Waals surface area contributed by atoms with Gasteiger partial charge in [-0.25, -0.2) is 0 Å². The second-order valence-electron chi connectivity index (χ2n) is 7.64. The Kier molecular flexibility index (Phi) is 6.09. The van der Waals surface area contributed by atoms with Crippen molar-refractivity contribution < 1.29 is 14.7 Å². The summed E-state index contributed by atoms with van der Waals surface area (Å²) in [6.07, 6.45) is 6.07. The molecule has 1 aliphatic carbocycles. The van der Waals surface area contributed by atoms with Crippen molar-refractivity contribution in [1.82, 2.24) is 10.3 Å². The van der Waals surface area contributed by atoms with Gasteiger partial charge in [-0.05, 0) is 56.5 Å². The molecule has 0 atom stereocenters. The molecule has 1 aromatic carbocycles. The number of aromatic nitrogens is 1. The van der Waals surface area contributed by atoms with Crippen molar-refractivity contribution in [1.29, 1.82) is 0 Å². The second kappa shape index (κ2) is 8.52. The van der Waals surface area contributed by atoms with Gasteiger partial charge in [0.05, 0.1) is 11.2 Å². The number of benzene rings is 1. The van der Waals surface area contributed by atoms with Gasteiger partial charge in [-0.1, -0.05) is 25.3 Å². The first-order valence-corrected chi connectivity index (χ1v) is 9.72. The summed E-state index contributed by atoms with van der Waals surface area (Å²) < 4.78 is 0. The van der Waals surface area contributed by atoms with Gasteiger partial charge in [0, 0.05) is 29.7 Å². The van der Waals surface area contributed by atoms with E-state index in [2.05, 4.69) is 15.6 Å². The molecular formula is C22H27N3O3. The van der Waals surface area contributed by atoms with Crippen molar-refractivity contribution in [2.75, 3.05) is 11.9 Å². The molecule has 1 aliphatic rings. The van der Waals surface area contributed by atoms with Crippen LogP contribution in [0.25, 0.3) is 0 Å². The van der Waals surface area contributed by atoms with Crippen LogP contribution in [0.3, 0.4) is 0 Å². The first kappa shape index (κ1) is 20.0. The van der Waals surface area contributed by atoms with Crippen LogP contribution in [0.4, 0.5) is 5.69 Å². The topological polar surface area (TPSA) is 91.3 Å². The Morgan fingerprint density at radius 1 is 1.04 bits per heavy atom. The molecule has 1 aromatic heterocycles. The summed E-state index contributed by atoms with van der Waals surface area (Å²) >= 11 is 0. The number of rotatable bonds is 5. The number of carbonyl (C=O) groups excluding carboxylic acids is 2. The van der Waals surface area contributed by atoms with E-state index in [0.29, 0.717) is 29.7 Å². The van der Waals surface area contributed by atoms with Gasteiger partial charge in [0.25, 0.3) is 11.8 Å². The fourth-order valence-electron chi connectivity index (χ4n) is 3.43. The van der Waals surface area contributed by atoms with Gasteiger partial charge in [0.1, 0.15) is 0 Å². The highest BCUT2D eigenvalue weighted by Crippen LogP contribution is 2.27. The normalized spacial score (nSPS) is 15.7. The highest BCUT2D eigenvalue weighted by molar-refractivity contribution is 6.05. The number of amides is 2. The number of hydrogen-bond acceptors (Lipinski definition) is 4. The van der Waals surface area contributed by atoms with Crippen LogP contribution in [0.2, 0.25) is 0 Å². The number of nitrogens with one attached hydrogen (secondary N) is 2. The monoisotopic (exact) mass is 381 g/mol. The SMILES string of the molecule is Cc1ccc(C(=O)Nc2cc(C(=O)NCC3(O)CCCCC3)ccc2C)cn1. The minimum atomic E-state index is -0.811. The van der Waals surface area contributed by atoms with Gasteiger partial charge in [0.15, 0.2) is 0 Å². The van der Waals surface area contributed by atoms with E-state index in [4.69, 9.17) is 0 Å². The zero-order chi connectivity index (χ0) is 20.1. The molecule has 0 radical (unpaired) electrons. The molecule has 6 nitrogen and oxygen atoms in total. The van der Waals surface area contributed by atoms with Crippen molar-refractivity contribution in [3.8, 4) is 0 Å².